The van der Waals surface area contributed by atoms with E-state index in [-0.39, 0.29) is 24.2 Å². The molecule has 0 fully saturated rings. The first-order chi connectivity index (χ1) is 14.9. The number of amides is 1. The molecule has 0 spiro atoms. The van der Waals surface area contributed by atoms with Crippen molar-refractivity contribution in [2.75, 3.05) is 25.2 Å². The Labute approximate surface area is 182 Å². The summed E-state index contributed by atoms with van der Waals surface area (Å²) in [6.45, 7) is 5.80. The highest BCUT2D eigenvalue weighted by atomic mass is 16.5. The molecule has 6 heteroatoms. The summed E-state index contributed by atoms with van der Waals surface area (Å²) in [5, 5.41) is 2.01. The van der Waals surface area contributed by atoms with Crippen LogP contribution in [0, 0.1) is 0 Å². The fraction of sp³-hybridized carbons (Fsp3) is 0.280. The number of ether oxygens (including phenoxy) is 3. The van der Waals surface area contributed by atoms with Gasteiger partial charge in [0.15, 0.2) is 18.1 Å². The van der Waals surface area contributed by atoms with Crippen LogP contribution in [0.3, 0.4) is 0 Å². The maximum absolute atomic E-state index is 12.9. The van der Waals surface area contributed by atoms with Crippen LogP contribution in [-0.4, -0.2) is 38.2 Å². The van der Waals surface area contributed by atoms with Crippen molar-refractivity contribution in [3.8, 4) is 11.5 Å². The van der Waals surface area contributed by atoms with Crippen molar-refractivity contribution >= 4 is 28.3 Å². The molecule has 0 saturated carbocycles. The number of anilines is 1. The van der Waals surface area contributed by atoms with Gasteiger partial charge in [-0.05, 0) is 50.4 Å². The standard InChI is InChI=1S/C25H27NO5/c1-5-26(21-12-8-10-18-9-6-7-11-20(18)21)24(27)16-30-25(28)19-13-14-22(31-17(2)3)23(15-19)29-4/h6-15,17H,5,16H2,1-4H3. The van der Waals surface area contributed by atoms with E-state index in [9.17, 15) is 9.59 Å². The van der Waals surface area contributed by atoms with Crippen LogP contribution < -0.4 is 14.4 Å². The Hall–Kier alpha value is -3.54. The quantitative estimate of drug-likeness (QED) is 0.487. The lowest BCUT2D eigenvalue weighted by Crippen LogP contribution is -2.34. The summed E-state index contributed by atoms with van der Waals surface area (Å²) in [6, 6.07) is 18.5. The van der Waals surface area contributed by atoms with E-state index in [1.807, 2.05) is 63.2 Å². The monoisotopic (exact) mass is 421 g/mol. The SMILES string of the molecule is CCN(C(=O)COC(=O)c1ccc(OC(C)C)c(OC)c1)c1cccc2ccccc12. The minimum atomic E-state index is -0.600. The van der Waals surface area contributed by atoms with Crippen molar-refractivity contribution in [2.45, 2.75) is 26.9 Å². The maximum Gasteiger partial charge on any atom is 0.338 e. The summed E-state index contributed by atoms with van der Waals surface area (Å²) in [4.78, 5) is 27.0. The number of rotatable bonds is 8. The average Bonchev–Trinajstić information content (AvgIpc) is 2.78. The maximum atomic E-state index is 12.9. The van der Waals surface area contributed by atoms with E-state index < -0.39 is 5.97 Å². The van der Waals surface area contributed by atoms with Crippen molar-refractivity contribution in [2.24, 2.45) is 0 Å². The van der Waals surface area contributed by atoms with E-state index in [1.54, 1.807) is 23.1 Å². The Bertz CT molecular complexity index is 1070. The Morgan fingerprint density at radius 3 is 2.42 bits per heavy atom. The number of carbonyl (C=O) groups excluding carboxylic acids is 2. The van der Waals surface area contributed by atoms with Gasteiger partial charge in [-0.25, -0.2) is 4.79 Å². The zero-order valence-corrected chi connectivity index (χ0v) is 18.3. The highest BCUT2D eigenvalue weighted by Crippen LogP contribution is 2.29. The molecule has 0 N–H and O–H groups in total. The molecule has 0 aromatic heterocycles. The van der Waals surface area contributed by atoms with Crippen molar-refractivity contribution in [3.63, 3.8) is 0 Å². The molecule has 162 valence electrons. The van der Waals surface area contributed by atoms with Gasteiger partial charge in [0, 0.05) is 11.9 Å². The smallest absolute Gasteiger partial charge is 0.338 e. The minimum Gasteiger partial charge on any atom is -0.493 e. The van der Waals surface area contributed by atoms with Gasteiger partial charge in [-0.15, -0.1) is 0 Å². The topological polar surface area (TPSA) is 65.1 Å². The lowest BCUT2D eigenvalue weighted by atomic mass is 10.1. The second kappa shape index (κ2) is 9.98. The molecule has 6 nitrogen and oxygen atoms in total. The molecule has 0 radical (unpaired) electrons. The Kier molecular flexibility index (Phi) is 7.13. The molecule has 3 rings (SSSR count). The molecule has 0 atom stereocenters. The lowest BCUT2D eigenvalue weighted by molar-refractivity contribution is -0.121. The van der Waals surface area contributed by atoms with Crippen molar-refractivity contribution in [3.05, 3.63) is 66.2 Å². The Morgan fingerprint density at radius 2 is 1.71 bits per heavy atom. The summed E-state index contributed by atoms with van der Waals surface area (Å²) >= 11 is 0. The zero-order valence-electron chi connectivity index (χ0n) is 18.3. The fourth-order valence-corrected chi connectivity index (χ4v) is 3.36. The number of hydrogen-bond acceptors (Lipinski definition) is 5. The number of likely N-dealkylation sites (N-methyl/N-ethyl adjacent to an activating group) is 1. The molecule has 31 heavy (non-hydrogen) atoms. The summed E-state index contributed by atoms with van der Waals surface area (Å²) in [6.07, 6.45) is -0.0292. The van der Waals surface area contributed by atoms with Gasteiger partial charge in [0.05, 0.1) is 24.5 Å². The van der Waals surface area contributed by atoms with Crippen LogP contribution in [0.4, 0.5) is 5.69 Å². The molecule has 3 aromatic rings. The van der Waals surface area contributed by atoms with E-state index in [0.29, 0.717) is 18.0 Å². The van der Waals surface area contributed by atoms with Crippen molar-refractivity contribution < 1.29 is 23.8 Å². The van der Waals surface area contributed by atoms with Gasteiger partial charge >= 0.3 is 5.97 Å². The normalized spacial score (nSPS) is 10.7. The van der Waals surface area contributed by atoms with Crippen LogP contribution in [0.15, 0.2) is 60.7 Å². The van der Waals surface area contributed by atoms with Gasteiger partial charge in [0.2, 0.25) is 0 Å². The van der Waals surface area contributed by atoms with E-state index >= 15 is 0 Å². The molecule has 0 heterocycles. The Morgan fingerprint density at radius 1 is 0.968 bits per heavy atom. The largest absolute Gasteiger partial charge is 0.493 e. The summed E-state index contributed by atoms with van der Waals surface area (Å²) in [5.74, 6) is 0.0781. The van der Waals surface area contributed by atoms with Gasteiger partial charge in [0.1, 0.15) is 0 Å². The first kappa shape index (κ1) is 22.2. The molecule has 0 saturated heterocycles. The molecular weight excluding hydrogens is 394 g/mol. The minimum absolute atomic E-state index is 0.0292. The number of carbonyl (C=O) groups is 2. The van der Waals surface area contributed by atoms with Crippen molar-refractivity contribution in [1.82, 2.24) is 0 Å². The number of nitrogens with zero attached hydrogens (tertiary/aromatic N) is 1. The highest BCUT2D eigenvalue weighted by Gasteiger charge is 2.19. The van der Waals surface area contributed by atoms with Crippen LogP contribution in [0.5, 0.6) is 11.5 Å². The Balaban J connectivity index is 1.72. The van der Waals surface area contributed by atoms with Gasteiger partial charge in [-0.3, -0.25) is 4.79 Å². The van der Waals surface area contributed by atoms with E-state index in [1.165, 1.54) is 7.11 Å². The third kappa shape index (κ3) is 5.15. The van der Waals surface area contributed by atoms with Crippen LogP contribution in [0.25, 0.3) is 10.8 Å². The number of esters is 1. The van der Waals surface area contributed by atoms with Crippen molar-refractivity contribution in [1.29, 1.82) is 0 Å². The number of fused-ring (bicyclic) bond motifs is 1. The molecular formula is C25H27NO5. The average molecular weight is 421 g/mol. The van der Waals surface area contributed by atoms with Gasteiger partial charge < -0.3 is 19.1 Å². The first-order valence-corrected chi connectivity index (χ1v) is 10.2. The molecule has 1 amide bonds. The van der Waals surface area contributed by atoms with E-state index in [4.69, 9.17) is 14.2 Å². The zero-order chi connectivity index (χ0) is 22.4. The first-order valence-electron chi connectivity index (χ1n) is 10.2. The molecule has 0 aliphatic carbocycles. The van der Waals surface area contributed by atoms with Crippen LogP contribution >= 0.6 is 0 Å². The molecule has 0 unspecified atom stereocenters. The van der Waals surface area contributed by atoms with E-state index in [2.05, 4.69) is 0 Å². The third-order valence-electron chi connectivity index (χ3n) is 4.76. The summed E-state index contributed by atoms with van der Waals surface area (Å²) in [5.41, 5.74) is 1.08. The second-order valence-corrected chi connectivity index (χ2v) is 7.24. The van der Waals surface area contributed by atoms with E-state index in [0.717, 1.165) is 16.5 Å². The number of methoxy groups -OCH3 is 1. The molecule has 3 aromatic carbocycles. The van der Waals surface area contributed by atoms with Crippen LogP contribution in [0.2, 0.25) is 0 Å². The predicted molar refractivity (Wildman–Crippen MR) is 121 cm³/mol. The summed E-state index contributed by atoms with van der Waals surface area (Å²) in [7, 11) is 1.50. The molecule has 0 aliphatic heterocycles. The number of benzene rings is 3. The summed E-state index contributed by atoms with van der Waals surface area (Å²) < 4.78 is 16.3. The second-order valence-electron chi connectivity index (χ2n) is 7.24. The third-order valence-corrected chi connectivity index (χ3v) is 4.76. The van der Waals surface area contributed by atoms with Gasteiger partial charge in [-0.2, -0.15) is 0 Å². The number of hydrogen-bond donors (Lipinski definition) is 0. The van der Waals surface area contributed by atoms with Crippen LogP contribution in [-0.2, 0) is 9.53 Å². The molecule has 0 aliphatic rings. The highest BCUT2D eigenvalue weighted by molar-refractivity contribution is 6.04. The fourth-order valence-electron chi connectivity index (χ4n) is 3.36. The van der Waals surface area contributed by atoms with Crippen LogP contribution in [0.1, 0.15) is 31.1 Å². The van der Waals surface area contributed by atoms with Gasteiger partial charge in [0.25, 0.3) is 5.91 Å². The molecule has 0 bridgehead atoms. The van der Waals surface area contributed by atoms with Gasteiger partial charge in [-0.1, -0.05) is 36.4 Å². The predicted octanol–water partition coefficient (Wildman–Crippen LogP) is 4.85. The lowest BCUT2D eigenvalue weighted by Gasteiger charge is -2.22.